The first kappa shape index (κ1) is 33.1. The highest BCUT2D eigenvalue weighted by Crippen LogP contribution is 2.33. The highest BCUT2D eigenvalue weighted by Gasteiger charge is 2.19. The Morgan fingerprint density at radius 2 is 1.53 bits per heavy atom. The molecule has 1 amide bonds. The molecule has 5 rings (SSSR count). The molecule has 0 radical (unpaired) electrons. The maximum Gasteiger partial charge on any atom is 0.305 e. The number of nitrogens with one attached hydrogen (secondary N) is 1. The van der Waals surface area contributed by atoms with Crippen molar-refractivity contribution in [2.24, 2.45) is 0 Å². The third-order valence-corrected chi connectivity index (χ3v) is 7.80. The summed E-state index contributed by atoms with van der Waals surface area (Å²) in [4.78, 5) is 24.9. The van der Waals surface area contributed by atoms with Gasteiger partial charge in [-0.2, -0.15) is 0 Å². The van der Waals surface area contributed by atoms with Gasteiger partial charge in [-0.1, -0.05) is 55.8 Å². The van der Waals surface area contributed by atoms with Crippen LogP contribution >= 0.6 is 0 Å². The van der Waals surface area contributed by atoms with E-state index in [-0.39, 0.29) is 36.0 Å². The predicted molar refractivity (Wildman–Crippen MR) is 181 cm³/mol. The summed E-state index contributed by atoms with van der Waals surface area (Å²) in [6.07, 6.45) is 5.90. The van der Waals surface area contributed by atoms with Crippen molar-refractivity contribution in [1.29, 1.82) is 0 Å². The summed E-state index contributed by atoms with van der Waals surface area (Å²) >= 11 is 0. The Morgan fingerprint density at radius 1 is 0.851 bits per heavy atom. The second-order valence-corrected chi connectivity index (χ2v) is 11.2. The number of carbonyl (C=O) groups is 2. The number of amides is 1. The molecule has 0 fully saturated rings. The number of nitrogens with zero attached hydrogens (tertiary/aromatic N) is 1. The van der Waals surface area contributed by atoms with Crippen molar-refractivity contribution in [2.45, 2.75) is 45.6 Å². The van der Waals surface area contributed by atoms with Gasteiger partial charge in [-0.15, -0.1) is 0 Å². The molecule has 5 aromatic rings. The van der Waals surface area contributed by atoms with Gasteiger partial charge in [0.25, 0.3) is 0 Å². The number of allylic oxidation sites excluding steroid dienone is 1. The van der Waals surface area contributed by atoms with Crippen LogP contribution in [0.2, 0.25) is 0 Å². The van der Waals surface area contributed by atoms with Gasteiger partial charge in [0.1, 0.15) is 17.4 Å². The van der Waals surface area contributed by atoms with E-state index in [0.717, 1.165) is 39.6 Å². The lowest BCUT2D eigenvalue weighted by Crippen LogP contribution is -2.12. The highest BCUT2D eigenvalue weighted by atomic mass is 19.1. The Balaban J connectivity index is 1.37. The number of esters is 1. The molecule has 0 aliphatic carbocycles. The van der Waals surface area contributed by atoms with Gasteiger partial charge in [0.2, 0.25) is 5.91 Å². The predicted octanol–water partition coefficient (Wildman–Crippen LogP) is 9.10. The zero-order valence-corrected chi connectivity index (χ0v) is 26.5. The first-order valence-electron chi connectivity index (χ1n) is 15.9. The quantitative estimate of drug-likeness (QED) is 0.0750. The van der Waals surface area contributed by atoms with E-state index >= 15 is 0 Å². The fourth-order valence-electron chi connectivity index (χ4n) is 5.62. The van der Waals surface area contributed by atoms with Crippen LogP contribution in [0.4, 0.5) is 14.5 Å². The van der Waals surface area contributed by atoms with Crippen molar-refractivity contribution in [3.63, 3.8) is 0 Å². The fraction of sp³-hybridized carbons (Fsp3) is 0.231. The van der Waals surface area contributed by atoms with Crippen LogP contribution in [0, 0.1) is 11.6 Å². The third kappa shape index (κ3) is 8.52. The number of fused-ring (bicyclic) bond motifs is 1. The minimum Gasteiger partial charge on any atom is -0.491 e. The molecule has 6 nitrogen and oxygen atoms in total. The van der Waals surface area contributed by atoms with Crippen LogP contribution in [0.25, 0.3) is 16.5 Å². The van der Waals surface area contributed by atoms with Gasteiger partial charge in [0, 0.05) is 29.6 Å². The average molecular weight is 637 g/mol. The molecule has 0 saturated heterocycles. The smallest absolute Gasteiger partial charge is 0.305 e. The highest BCUT2D eigenvalue weighted by molar-refractivity contribution is 6.05. The maximum absolute atomic E-state index is 13.8. The molecule has 242 valence electrons. The van der Waals surface area contributed by atoms with Crippen LogP contribution in [0.5, 0.6) is 5.75 Å². The van der Waals surface area contributed by atoms with Gasteiger partial charge in [0.15, 0.2) is 0 Å². The molecule has 0 saturated carbocycles. The molecule has 0 aliphatic heterocycles. The summed E-state index contributed by atoms with van der Waals surface area (Å²) in [6.45, 7) is 4.49. The molecule has 47 heavy (non-hydrogen) atoms. The summed E-state index contributed by atoms with van der Waals surface area (Å²) in [6, 6.07) is 27.7. The molecule has 4 aromatic carbocycles. The van der Waals surface area contributed by atoms with E-state index in [1.54, 1.807) is 49.4 Å². The van der Waals surface area contributed by atoms with E-state index in [9.17, 15) is 18.4 Å². The second kappa shape index (κ2) is 15.9. The van der Waals surface area contributed by atoms with E-state index in [2.05, 4.69) is 22.9 Å². The Labute approximate surface area is 273 Å². The van der Waals surface area contributed by atoms with Crippen molar-refractivity contribution in [3.05, 3.63) is 138 Å². The van der Waals surface area contributed by atoms with Gasteiger partial charge < -0.3 is 19.4 Å². The summed E-state index contributed by atoms with van der Waals surface area (Å²) in [5.41, 5.74) is 5.04. The van der Waals surface area contributed by atoms with Crippen LogP contribution in [-0.2, 0) is 14.3 Å². The number of hydrogen-bond donors (Lipinski definition) is 1. The summed E-state index contributed by atoms with van der Waals surface area (Å²) < 4.78 is 40.6. The number of anilines is 1. The molecule has 1 heterocycles. The van der Waals surface area contributed by atoms with E-state index in [1.807, 2.05) is 36.5 Å². The van der Waals surface area contributed by atoms with Crippen LogP contribution in [0.3, 0.4) is 0 Å². The largest absolute Gasteiger partial charge is 0.491 e. The normalized spacial score (nSPS) is 11.6. The van der Waals surface area contributed by atoms with Crippen LogP contribution in [-0.4, -0.2) is 29.7 Å². The lowest BCUT2D eigenvalue weighted by Gasteiger charge is -2.22. The monoisotopic (exact) mass is 636 g/mol. The van der Waals surface area contributed by atoms with Crippen molar-refractivity contribution in [2.75, 3.05) is 18.5 Å². The third-order valence-electron chi connectivity index (χ3n) is 7.80. The van der Waals surface area contributed by atoms with Crippen LogP contribution in [0.15, 0.2) is 109 Å². The molecule has 0 bridgehead atoms. The van der Waals surface area contributed by atoms with Crippen LogP contribution in [0.1, 0.15) is 62.3 Å². The molecule has 0 aliphatic rings. The first-order chi connectivity index (χ1) is 22.9. The number of para-hydroxylation sites is 2. The van der Waals surface area contributed by atoms with Gasteiger partial charge in [-0.25, -0.2) is 8.78 Å². The van der Waals surface area contributed by atoms with Gasteiger partial charge >= 0.3 is 5.97 Å². The summed E-state index contributed by atoms with van der Waals surface area (Å²) in [7, 11) is 0. The van der Waals surface area contributed by atoms with E-state index in [0.29, 0.717) is 37.5 Å². The second-order valence-electron chi connectivity index (χ2n) is 11.2. The Kier molecular flexibility index (Phi) is 11.2. The summed E-state index contributed by atoms with van der Waals surface area (Å²) in [5, 5.41) is 3.92. The number of rotatable bonds is 14. The lowest BCUT2D eigenvalue weighted by atomic mass is 9.97. The number of carbonyl (C=O) groups excluding carboxylic acids is 2. The van der Waals surface area contributed by atoms with Gasteiger partial charge in [-0.3, -0.25) is 9.59 Å². The molecule has 0 atom stereocenters. The van der Waals surface area contributed by atoms with Crippen molar-refractivity contribution < 1.29 is 27.8 Å². The molecular formula is C39H38F2N2O4. The van der Waals surface area contributed by atoms with Gasteiger partial charge in [-0.05, 0) is 96.6 Å². The molecule has 8 heteroatoms. The summed E-state index contributed by atoms with van der Waals surface area (Å²) in [5.74, 6) is -0.664. The number of hydrogen-bond acceptors (Lipinski definition) is 4. The van der Waals surface area contributed by atoms with Crippen molar-refractivity contribution in [3.8, 4) is 5.75 Å². The maximum atomic E-state index is 13.8. The van der Waals surface area contributed by atoms with E-state index in [1.165, 1.54) is 24.3 Å². The zero-order chi connectivity index (χ0) is 33.2. The minimum atomic E-state index is -0.324. The molecule has 1 aromatic heterocycles. The Hall–Kier alpha value is -5.24. The average Bonchev–Trinajstić information content (AvgIpc) is 3.48. The number of benzene rings is 4. The Morgan fingerprint density at radius 3 is 2.19 bits per heavy atom. The standard InChI is InChI=1S/C39H38F2N2O4/c1-3-8-29(26-37(44)42-34-9-5-6-10-36(34)47-24-7-11-38(45)46-4-2)30-16-21-35-31(25-30)22-23-43(35)39(27-12-17-32(40)18-13-27)28-14-19-33(41)20-15-28/h5-6,9-10,12-23,25-26,39H,3-4,7-8,11,24H2,1-2H3,(H,42,44)/b29-26+. The number of halogens is 2. The van der Waals surface area contributed by atoms with Gasteiger partial charge in [0.05, 0.1) is 24.9 Å². The molecule has 0 spiro atoms. The van der Waals surface area contributed by atoms with E-state index in [4.69, 9.17) is 9.47 Å². The number of aromatic nitrogens is 1. The van der Waals surface area contributed by atoms with Crippen molar-refractivity contribution in [1.82, 2.24) is 4.57 Å². The number of ether oxygens (including phenoxy) is 2. The topological polar surface area (TPSA) is 69.6 Å². The SMILES string of the molecule is CCC/C(=C\C(=O)Nc1ccccc1OCCCC(=O)OCC)c1ccc2c(ccn2C(c2ccc(F)cc2)c2ccc(F)cc2)c1. The van der Waals surface area contributed by atoms with E-state index < -0.39 is 0 Å². The molecule has 1 N–H and O–H groups in total. The van der Waals surface area contributed by atoms with Crippen molar-refractivity contribution >= 4 is 34.0 Å². The molecule has 0 unspecified atom stereocenters. The molecular weight excluding hydrogens is 598 g/mol. The minimum absolute atomic E-state index is 0.262. The Bertz CT molecular complexity index is 1800. The zero-order valence-electron chi connectivity index (χ0n) is 26.5. The van der Waals surface area contributed by atoms with Crippen LogP contribution < -0.4 is 10.1 Å². The fourth-order valence-corrected chi connectivity index (χ4v) is 5.62. The first-order valence-corrected chi connectivity index (χ1v) is 15.9. The lowest BCUT2D eigenvalue weighted by molar-refractivity contribution is -0.143.